The maximum atomic E-state index is 13.2. The van der Waals surface area contributed by atoms with Crippen LogP contribution in [0.3, 0.4) is 0 Å². The highest BCUT2D eigenvalue weighted by Gasteiger charge is 2.40. The van der Waals surface area contributed by atoms with Gasteiger partial charge in [-0.2, -0.15) is 4.31 Å². The van der Waals surface area contributed by atoms with E-state index in [2.05, 4.69) is 5.32 Å². The number of halogens is 1. The van der Waals surface area contributed by atoms with E-state index >= 15 is 0 Å². The van der Waals surface area contributed by atoms with Gasteiger partial charge in [0.2, 0.25) is 15.9 Å². The van der Waals surface area contributed by atoms with Crippen molar-refractivity contribution in [2.24, 2.45) is 5.73 Å². The maximum absolute atomic E-state index is 13.2. The second kappa shape index (κ2) is 9.17. The van der Waals surface area contributed by atoms with Crippen molar-refractivity contribution in [1.82, 2.24) is 9.62 Å². The number of nitrogens with one attached hydrogen (secondary N) is 1. The first kappa shape index (κ1) is 22.9. The summed E-state index contributed by atoms with van der Waals surface area (Å²) in [7, 11) is -3.70. The molecule has 26 heavy (non-hydrogen) atoms. The molecule has 1 aromatic rings. The standard InChI is InChI=1S/C18H29N3O3S.ClH/c1-12-10-13(2)17(14(3)11-12)25(23,24)21-9-5-6-16(21)18(22)20-8-7-15(4)19;/h10-11,15-16H,5-9,19H2,1-4H3,(H,20,22);1H. The van der Waals surface area contributed by atoms with Gasteiger partial charge in [0, 0.05) is 19.1 Å². The zero-order valence-corrected chi connectivity index (χ0v) is 17.5. The van der Waals surface area contributed by atoms with Gasteiger partial charge in [0.1, 0.15) is 6.04 Å². The van der Waals surface area contributed by atoms with E-state index in [0.29, 0.717) is 37.2 Å². The minimum absolute atomic E-state index is 0. The minimum Gasteiger partial charge on any atom is -0.355 e. The van der Waals surface area contributed by atoms with Crippen molar-refractivity contribution in [2.45, 2.75) is 63.9 Å². The first-order chi connectivity index (χ1) is 11.6. The van der Waals surface area contributed by atoms with Gasteiger partial charge in [-0.25, -0.2) is 8.42 Å². The van der Waals surface area contributed by atoms with Gasteiger partial charge in [0.25, 0.3) is 0 Å². The Labute approximate surface area is 163 Å². The number of benzene rings is 1. The number of nitrogens with two attached hydrogens (primary N) is 1. The number of hydrogen-bond acceptors (Lipinski definition) is 4. The van der Waals surface area contributed by atoms with E-state index in [0.717, 1.165) is 16.7 Å². The van der Waals surface area contributed by atoms with Crippen LogP contribution in [-0.2, 0) is 14.8 Å². The zero-order chi connectivity index (χ0) is 18.8. The summed E-state index contributed by atoms with van der Waals surface area (Å²) in [6.07, 6.45) is 1.91. The van der Waals surface area contributed by atoms with Crippen LogP contribution in [0.2, 0.25) is 0 Å². The predicted octanol–water partition coefficient (Wildman–Crippen LogP) is 2.04. The Kier molecular flexibility index (Phi) is 8.07. The highest BCUT2D eigenvalue weighted by Crippen LogP contribution is 2.30. The van der Waals surface area contributed by atoms with Crippen LogP contribution in [0.5, 0.6) is 0 Å². The van der Waals surface area contributed by atoms with Gasteiger partial charge in [-0.3, -0.25) is 4.79 Å². The van der Waals surface area contributed by atoms with Crippen molar-refractivity contribution in [3.05, 3.63) is 28.8 Å². The summed E-state index contributed by atoms with van der Waals surface area (Å²) in [6.45, 7) is 8.27. The fraction of sp³-hybridized carbons (Fsp3) is 0.611. The molecule has 1 amide bonds. The summed E-state index contributed by atoms with van der Waals surface area (Å²) >= 11 is 0. The van der Waals surface area contributed by atoms with Crippen molar-refractivity contribution < 1.29 is 13.2 Å². The summed E-state index contributed by atoms with van der Waals surface area (Å²) in [5.74, 6) is -0.232. The van der Waals surface area contributed by atoms with E-state index in [9.17, 15) is 13.2 Å². The van der Waals surface area contributed by atoms with E-state index in [1.54, 1.807) is 13.8 Å². The average Bonchev–Trinajstić information content (AvgIpc) is 2.95. The third-order valence-corrected chi connectivity index (χ3v) is 6.79. The Morgan fingerprint density at radius 1 is 1.31 bits per heavy atom. The number of hydrogen-bond donors (Lipinski definition) is 2. The van der Waals surface area contributed by atoms with Gasteiger partial charge in [-0.15, -0.1) is 12.4 Å². The lowest BCUT2D eigenvalue weighted by Gasteiger charge is -2.25. The molecule has 148 valence electrons. The smallest absolute Gasteiger partial charge is 0.244 e. The number of carbonyl (C=O) groups is 1. The molecule has 8 heteroatoms. The number of rotatable bonds is 6. The molecule has 1 aromatic carbocycles. The van der Waals surface area contributed by atoms with Crippen molar-refractivity contribution in [1.29, 1.82) is 0 Å². The van der Waals surface area contributed by atoms with E-state index in [1.165, 1.54) is 4.31 Å². The number of nitrogens with zero attached hydrogens (tertiary/aromatic N) is 1. The lowest BCUT2D eigenvalue weighted by molar-refractivity contribution is -0.124. The van der Waals surface area contributed by atoms with Gasteiger partial charge in [-0.05, 0) is 58.1 Å². The molecule has 2 atom stereocenters. The fourth-order valence-electron chi connectivity index (χ4n) is 3.52. The van der Waals surface area contributed by atoms with E-state index in [1.807, 2.05) is 26.0 Å². The highest BCUT2D eigenvalue weighted by atomic mass is 35.5. The highest BCUT2D eigenvalue weighted by molar-refractivity contribution is 7.89. The molecule has 0 bridgehead atoms. The molecule has 0 aliphatic carbocycles. The summed E-state index contributed by atoms with van der Waals surface area (Å²) in [6, 6.07) is 3.10. The van der Waals surface area contributed by atoms with Crippen LogP contribution in [0.15, 0.2) is 17.0 Å². The van der Waals surface area contributed by atoms with Crippen LogP contribution < -0.4 is 11.1 Å². The quantitative estimate of drug-likeness (QED) is 0.760. The second-order valence-electron chi connectivity index (χ2n) is 7.06. The van der Waals surface area contributed by atoms with Gasteiger partial charge >= 0.3 is 0 Å². The number of aryl methyl sites for hydroxylation is 3. The predicted molar refractivity (Wildman–Crippen MR) is 106 cm³/mol. The average molecular weight is 404 g/mol. The molecule has 1 fully saturated rings. The van der Waals surface area contributed by atoms with Gasteiger partial charge < -0.3 is 11.1 Å². The fourth-order valence-corrected chi connectivity index (χ4v) is 5.59. The molecule has 0 radical (unpaired) electrons. The zero-order valence-electron chi connectivity index (χ0n) is 15.9. The van der Waals surface area contributed by atoms with Crippen molar-refractivity contribution in [3.8, 4) is 0 Å². The lowest BCUT2D eigenvalue weighted by atomic mass is 10.1. The molecule has 0 aromatic heterocycles. The summed E-state index contributed by atoms with van der Waals surface area (Å²) in [4.78, 5) is 12.8. The van der Waals surface area contributed by atoms with Gasteiger partial charge in [0.05, 0.1) is 4.90 Å². The number of amides is 1. The monoisotopic (exact) mass is 403 g/mol. The Bertz CT molecular complexity index is 727. The third-order valence-electron chi connectivity index (χ3n) is 4.58. The molecule has 1 aliphatic heterocycles. The maximum Gasteiger partial charge on any atom is 0.244 e. The van der Waals surface area contributed by atoms with Crippen molar-refractivity contribution in [2.75, 3.05) is 13.1 Å². The third kappa shape index (κ3) is 4.97. The number of sulfonamides is 1. The molecular formula is C18H30ClN3O3S. The first-order valence-electron chi connectivity index (χ1n) is 8.77. The minimum atomic E-state index is -3.70. The van der Waals surface area contributed by atoms with Crippen LogP contribution in [-0.4, -0.2) is 43.8 Å². The largest absolute Gasteiger partial charge is 0.355 e. The molecule has 2 unspecified atom stereocenters. The molecule has 2 rings (SSSR count). The Hall–Kier alpha value is -1.15. The summed E-state index contributed by atoms with van der Waals surface area (Å²) < 4.78 is 27.8. The summed E-state index contributed by atoms with van der Waals surface area (Å²) in [5, 5.41) is 2.82. The van der Waals surface area contributed by atoms with Gasteiger partial charge in [-0.1, -0.05) is 17.7 Å². The molecule has 1 aliphatic rings. The van der Waals surface area contributed by atoms with Crippen LogP contribution in [0.25, 0.3) is 0 Å². The molecule has 6 nitrogen and oxygen atoms in total. The van der Waals surface area contributed by atoms with Crippen LogP contribution >= 0.6 is 12.4 Å². The molecule has 0 saturated carbocycles. The van der Waals surface area contributed by atoms with Crippen molar-refractivity contribution in [3.63, 3.8) is 0 Å². The molecule has 1 heterocycles. The molecule has 1 saturated heterocycles. The molecular weight excluding hydrogens is 374 g/mol. The second-order valence-corrected chi connectivity index (χ2v) is 8.89. The Balaban J connectivity index is 0.00000338. The SMILES string of the molecule is Cc1cc(C)c(S(=O)(=O)N2CCCC2C(=O)NCCC(C)N)c(C)c1.Cl. The normalized spacial score (nSPS) is 19.0. The first-order valence-corrected chi connectivity index (χ1v) is 10.2. The van der Waals surface area contributed by atoms with Crippen LogP contribution in [0.4, 0.5) is 0 Å². The number of carbonyl (C=O) groups excluding carboxylic acids is 1. The van der Waals surface area contributed by atoms with E-state index in [4.69, 9.17) is 5.73 Å². The van der Waals surface area contributed by atoms with Crippen molar-refractivity contribution >= 4 is 28.3 Å². The van der Waals surface area contributed by atoms with Crippen LogP contribution in [0, 0.1) is 20.8 Å². The topological polar surface area (TPSA) is 92.5 Å². The van der Waals surface area contributed by atoms with Gasteiger partial charge in [0.15, 0.2) is 0 Å². The van der Waals surface area contributed by atoms with Crippen LogP contribution in [0.1, 0.15) is 42.9 Å². The lowest BCUT2D eigenvalue weighted by Crippen LogP contribution is -2.46. The van der Waals surface area contributed by atoms with E-state index in [-0.39, 0.29) is 24.4 Å². The molecule has 3 N–H and O–H groups in total. The van der Waals surface area contributed by atoms with E-state index < -0.39 is 16.1 Å². The Morgan fingerprint density at radius 3 is 2.42 bits per heavy atom. The summed E-state index contributed by atoms with van der Waals surface area (Å²) in [5.41, 5.74) is 8.17. The molecule has 0 spiro atoms. The Morgan fingerprint density at radius 2 is 1.88 bits per heavy atom.